The van der Waals surface area contributed by atoms with Crippen LogP contribution in [0.2, 0.25) is 0 Å². The summed E-state index contributed by atoms with van der Waals surface area (Å²) in [4.78, 5) is 6.38. The molecule has 0 radical (unpaired) electrons. The van der Waals surface area contributed by atoms with Crippen LogP contribution in [0.4, 0.5) is 0 Å². The Balaban J connectivity index is 1.78. The second-order valence-electron chi connectivity index (χ2n) is 4.92. The number of aliphatic hydroxyl groups is 1. The highest BCUT2D eigenvalue weighted by Crippen LogP contribution is 2.08. The number of hydrogen-bond acceptors (Lipinski definition) is 4. The van der Waals surface area contributed by atoms with Gasteiger partial charge in [-0.05, 0) is 43.5 Å². The van der Waals surface area contributed by atoms with Gasteiger partial charge in [0.15, 0.2) is 0 Å². The second-order valence-corrected chi connectivity index (χ2v) is 4.92. The maximum absolute atomic E-state index is 9.14. The van der Waals surface area contributed by atoms with Crippen LogP contribution in [-0.2, 0) is 6.42 Å². The smallest absolute Gasteiger partial charge is 0.0558 e. The summed E-state index contributed by atoms with van der Waals surface area (Å²) in [5.41, 5.74) is 1.31. The first-order valence-electron chi connectivity index (χ1n) is 6.84. The van der Waals surface area contributed by atoms with Crippen molar-refractivity contribution < 1.29 is 5.11 Å². The van der Waals surface area contributed by atoms with E-state index in [9.17, 15) is 0 Å². The average Bonchev–Trinajstić information content (AvgIpc) is 2.90. The Labute approximate surface area is 109 Å². The van der Waals surface area contributed by atoms with Gasteiger partial charge in [-0.3, -0.25) is 9.88 Å². The maximum Gasteiger partial charge on any atom is 0.0558 e. The molecule has 2 N–H and O–H groups in total. The van der Waals surface area contributed by atoms with E-state index in [-0.39, 0.29) is 6.61 Å². The highest BCUT2D eigenvalue weighted by molar-refractivity contribution is 5.09. The van der Waals surface area contributed by atoms with Gasteiger partial charge in [0, 0.05) is 38.1 Å². The standard InChI is InChI=1S/C14H23N3O/c18-11-10-17(12-14-2-1-6-16-14)9-5-13-3-7-15-8-4-13/h3-4,7-8,14,16,18H,1-2,5-6,9-12H2. The van der Waals surface area contributed by atoms with Crippen LogP contribution >= 0.6 is 0 Å². The fourth-order valence-electron chi connectivity index (χ4n) is 2.50. The molecule has 0 saturated carbocycles. The van der Waals surface area contributed by atoms with E-state index in [0.29, 0.717) is 6.04 Å². The van der Waals surface area contributed by atoms with E-state index in [2.05, 4.69) is 27.3 Å². The molecule has 2 heterocycles. The van der Waals surface area contributed by atoms with Gasteiger partial charge in [-0.2, -0.15) is 0 Å². The first kappa shape index (κ1) is 13.5. The lowest BCUT2D eigenvalue weighted by molar-refractivity contribution is 0.186. The third kappa shape index (κ3) is 4.37. The number of aliphatic hydroxyl groups excluding tert-OH is 1. The molecule has 1 saturated heterocycles. The van der Waals surface area contributed by atoms with Crippen LogP contribution in [0.15, 0.2) is 24.5 Å². The number of hydrogen-bond donors (Lipinski definition) is 2. The monoisotopic (exact) mass is 249 g/mol. The van der Waals surface area contributed by atoms with E-state index in [1.54, 1.807) is 0 Å². The summed E-state index contributed by atoms with van der Waals surface area (Å²) in [5.74, 6) is 0. The van der Waals surface area contributed by atoms with Crippen LogP contribution in [0.3, 0.4) is 0 Å². The van der Waals surface area contributed by atoms with Crippen molar-refractivity contribution in [3.05, 3.63) is 30.1 Å². The molecule has 1 fully saturated rings. The van der Waals surface area contributed by atoms with Crippen LogP contribution < -0.4 is 5.32 Å². The number of nitrogens with one attached hydrogen (secondary N) is 1. The Hall–Kier alpha value is -0.970. The minimum Gasteiger partial charge on any atom is -0.395 e. The average molecular weight is 249 g/mol. The van der Waals surface area contributed by atoms with Crippen LogP contribution in [0.1, 0.15) is 18.4 Å². The molecule has 1 aromatic heterocycles. The minimum atomic E-state index is 0.239. The van der Waals surface area contributed by atoms with E-state index < -0.39 is 0 Å². The van der Waals surface area contributed by atoms with E-state index in [0.717, 1.165) is 32.6 Å². The molecule has 100 valence electrons. The first-order valence-corrected chi connectivity index (χ1v) is 6.84. The number of pyridine rings is 1. The molecule has 1 aliphatic rings. The summed E-state index contributed by atoms with van der Waals surface area (Å²) in [6, 6.07) is 4.73. The molecule has 1 atom stereocenters. The molecule has 18 heavy (non-hydrogen) atoms. The Morgan fingerprint density at radius 1 is 1.33 bits per heavy atom. The van der Waals surface area contributed by atoms with Crippen LogP contribution in [0, 0.1) is 0 Å². The van der Waals surface area contributed by atoms with Crippen molar-refractivity contribution in [3.8, 4) is 0 Å². The van der Waals surface area contributed by atoms with Gasteiger partial charge < -0.3 is 10.4 Å². The second kappa shape index (κ2) is 7.46. The summed E-state index contributed by atoms with van der Waals surface area (Å²) >= 11 is 0. The Morgan fingerprint density at radius 3 is 2.83 bits per heavy atom. The zero-order valence-corrected chi connectivity index (χ0v) is 10.9. The Kier molecular flexibility index (Phi) is 5.58. The lowest BCUT2D eigenvalue weighted by Gasteiger charge is -2.24. The molecule has 2 rings (SSSR count). The largest absolute Gasteiger partial charge is 0.395 e. The quantitative estimate of drug-likeness (QED) is 0.746. The minimum absolute atomic E-state index is 0.239. The lowest BCUT2D eigenvalue weighted by Crippen LogP contribution is -2.40. The molecule has 4 nitrogen and oxygen atoms in total. The highest BCUT2D eigenvalue weighted by atomic mass is 16.3. The van der Waals surface area contributed by atoms with Crippen molar-refractivity contribution in [3.63, 3.8) is 0 Å². The van der Waals surface area contributed by atoms with Gasteiger partial charge in [-0.25, -0.2) is 0 Å². The molecule has 0 spiro atoms. The van der Waals surface area contributed by atoms with E-state index in [1.165, 1.54) is 18.4 Å². The van der Waals surface area contributed by atoms with Gasteiger partial charge in [0.05, 0.1) is 6.61 Å². The van der Waals surface area contributed by atoms with E-state index >= 15 is 0 Å². The molecule has 1 aliphatic heterocycles. The van der Waals surface area contributed by atoms with Crippen LogP contribution in [-0.4, -0.2) is 53.8 Å². The predicted molar refractivity (Wildman–Crippen MR) is 72.5 cm³/mol. The summed E-state index contributed by atoms with van der Waals surface area (Å²) < 4.78 is 0. The first-order chi connectivity index (χ1) is 8.88. The molecular formula is C14H23N3O. The van der Waals surface area contributed by atoms with Crippen molar-refractivity contribution in [2.75, 3.05) is 32.8 Å². The zero-order chi connectivity index (χ0) is 12.6. The van der Waals surface area contributed by atoms with Crippen molar-refractivity contribution in [2.24, 2.45) is 0 Å². The molecule has 0 bridgehead atoms. The fourth-order valence-corrected chi connectivity index (χ4v) is 2.50. The molecule has 4 heteroatoms. The van der Waals surface area contributed by atoms with Crippen molar-refractivity contribution >= 4 is 0 Å². The Morgan fingerprint density at radius 2 is 2.17 bits per heavy atom. The molecular weight excluding hydrogens is 226 g/mol. The Bertz CT molecular complexity index is 325. The topological polar surface area (TPSA) is 48.4 Å². The summed E-state index contributed by atoms with van der Waals surface area (Å²) in [6.45, 7) is 4.20. The van der Waals surface area contributed by atoms with Gasteiger partial charge in [0.2, 0.25) is 0 Å². The van der Waals surface area contributed by atoms with Crippen LogP contribution in [0.5, 0.6) is 0 Å². The van der Waals surface area contributed by atoms with Gasteiger partial charge in [0.1, 0.15) is 0 Å². The van der Waals surface area contributed by atoms with Crippen molar-refractivity contribution in [1.29, 1.82) is 0 Å². The number of nitrogens with zero attached hydrogens (tertiary/aromatic N) is 2. The normalized spacial score (nSPS) is 19.6. The number of aromatic nitrogens is 1. The van der Waals surface area contributed by atoms with Crippen molar-refractivity contribution in [1.82, 2.24) is 15.2 Å². The van der Waals surface area contributed by atoms with E-state index in [4.69, 9.17) is 5.11 Å². The molecule has 0 amide bonds. The molecule has 0 aromatic carbocycles. The third-order valence-electron chi connectivity index (χ3n) is 3.52. The highest BCUT2D eigenvalue weighted by Gasteiger charge is 2.17. The molecule has 1 aromatic rings. The SMILES string of the molecule is OCCN(CCc1ccncc1)CC1CCCN1. The summed E-state index contributed by atoms with van der Waals surface area (Å²) in [5, 5.41) is 12.6. The maximum atomic E-state index is 9.14. The zero-order valence-electron chi connectivity index (χ0n) is 10.9. The third-order valence-corrected chi connectivity index (χ3v) is 3.52. The summed E-state index contributed by atoms with van der Waals surface area (Å²) in [6.07, 6.45) is 7.24. The van der Waals surface area contributed by atoms with Crippen molar-refractivity contribution in [2.45, 2.75) is 25.3 Å². The van der Waals surface area contributed by atoms with Crippen LogP contribution in [0.25, 0.3) is 0 Å². The fraction of sp³-hybridized carbons (Fsp3) is 0.643. The number of rotatable bonds is 7. The van der Waals surface area contributed by atoms with E-state index in [1.807, 2.05) is 12.4 Å². The molecule has 1 unspecified atom stereocenters. The summed E-state index contributed by atoms with van der Waals surface area (Å²) in [7, 11) is 0. The predicted octanol–water partition coefficient (Wildman–Crippen LogP) is 0.670. The van der Waals surface area contributed by atoms with Gasteiger partial charge in [-0.15, -0.1) is 0 Å². The van der Waals surface area contributed by atoms with Gasteiger partial charge >= 0.3 is 0 Å². The van der Waals surface area contributed by atoms with Gasteiger partial charge in [-0.1, -0.05) is 0 Å². The van der Waals surface area contributed by atoms with Gasteiger partial charge in [0.25, 0.3) is 0 Å². The molecule has 0 aliphatic carbocycles. The lowest BCUT2D eigenvalue weighted by atomic mass is 10.1.